The van der Waals surface area contributed by atoms with Crippen LogP contribution in [0.3, 0.4) is 0 Å². The van der Waals surface area contributed by atoms with Crippen LogP contribution in [0.2, 0.25) is 0 Å². The number of hydrogen-bond donors (Lipinski definition) is 2. The smallest absolute Gasteiger partial charge is 0.306 e. The molecule has 5 heteroatoms. The number of ether oxygens (including phenoxy) is 1. The molecule has 3 atom stereocenters. The number of fused-ring (bicyclic) bond motifs is 3. The van der Waals surface area contributed by atoms with E-state index in [4.69, 9.17) is 4.74 Å². The molecule has 1 aromatic rings. The van der Waals surface area contributed by atoms with Crippen molar-refractivity contribution in [2.45, 2.75) is 85.0 Å². The van der Waals surface area contributed by atoms with Crippen LogP contribution in [-0.2, 0) is 14.9 Å². The standard InChI is InChI=1S/C25H36O5/c1-14(2)10-20(27)30-13-24(5)8-7-9-25(6)19(24)12-18(26)17-11-16(15(3)4)22(28)23(29)21(17)25/h11,14-15,19,28-29H,7-10,12-13H2,1-6H3. The van der Waals surface area contributed by atoms with Crippen LogP contribution < -0.4 is 0 Å². The number of phenols is 2. The van der Waals surface area contributed by atoms with Gasteiger partial charge < -0.3 is 14.9 Å². The first-order valence-corrected chi connectivity index (χ1v) is 11.2. The summed E-state index contributed by atoms with van der Waals surface area (Å²) in [5.74, 6) is -0.321. The van der Waals surface area contributed by atoms with Crippen LogP contribution in [0.1, 0.15) is 101 Å². The number of benzene rings is 1. The third-order valence-electron chi connectivity index (χ3n) is 7.38. The second-order valence-electron chi connectivity index (χ2n) is 10.6. The lowest BCUT2D eigenvalue weighted by atomic mass is 9.49. The molecule has 3 unspecified atom stereocenters. The van der Waals surface area contributed by atoms with Gasteiger partial charge in [0.25, 0.3) is 0 Å². The van der Waals surface area contributed by atoms with Crippen molar-refractivity contribution in [3.05, 3.63) is 22.8 Å². The third kappa shape index (κ3) is 3.72. The van der Waals surface area contributed by atoms with Crippen molar-refractivity contribution in [2.24, 2.45) is 17.3 Å². The van der Waals surface area contributed by atoms with E-state index in [0.717, 1.165) is 19.3 Å². The summed E-state index contributed by atoms with van der Waals surface area (Å²) in [4.78, 5) is 25.4. The molecular formula is C25H36O5. The van der Waals surface area contributed by atoms with Gasteiger partial charge in [0.2, 0.25) is 0 Å². The van der Waals surface area contributed by atoms with Crippen LogP contribution in [0.15, 0.2) is 6.07 Å². The Bertz CT molecular complexity index is 856. The van der Waals surface area contributed by atoms with Crippen molar-refractivity contribution < 1.29 is 24.5 Å². The average molecular weight is 417 g/mol. The lowest BCUT2D eigenvalue weighted by molar-refractivity contribution is -0.151. The predicted octanol–water partition coefficient (Wildman–Crippen LogP) is 5.46. The van der Waals surface area contributed by atoms with Gasteiger partial charge in [-0.2, -0.15) is 0 Å². The second kappa shape index (κ2) is 7.90. The molecule has 166 valence electrons. The molecule has 0 radical (unpaired) electrons. The summed E-state index contributed by atoms with van der Waals surface area (Å²) in [6.45, 7) is 12.3. The van der Waals surface area contributed by atoms with Crippen LogP contribution in [0.5, 0.6) is 11.5 Å². The van der Waals surface area contributed by atoms with E-state index in [0.29, 0.717) is 29.5 Å². The molecular weight excluding hydrogens is 380 g/mol. The summed E-state index contributed by atoms with van der Waals surface area (Å²) >= 11 is 0. The monoisotopic (exact) mass is 416 g/mol. The lowest BCUT2D eigenvalue weighted by Crippen LogP contribution is -2.52. The fourth-order valence-corrected chi connectivity index (χ4v) is 5.77. The van der Waals surface area contributed by atoms with E-state index in [9.17, 15) is 19.8 Å². The molecule has 0 bridgehead atoms. The Morgan fingerprint density at radius 1 is 1.17 bits per heavy atom. The molecule has 1 saturated carbocycles. The highest BCUT2D eigenvalue weighted by atomic mass is 16.5. The minimum absolute atomic E-state index is 0.00322. The van der Waals surface area contributed by atoms with Crippen molar-refractivity contribution in [2.75, 3.05) is 6.61 Å². The Morgan fingerprint density at radius 2 is 1.83 bits per heavy atom. The van der Waals surface area contributed by atoms with Crippen molar-refractivity contribution in [3.63, 3.8) is 0 Å². The largest absolute Gasteiger partial charge is 0.504 e. The Kier molecular flexibility index (Phi) is 5.96. The topological polar surface area (TPSA) is 83.8 Å². The van der Waals surface area contributed by atoms with Crippen LogP contribution in [0.4, 0.5) is 0 Å². The maximum atomic E-state index is 13.2. The molecule has 0 spiro atoms. The molecule has 5 nitrogen and oxygen atoms in total. The number of esters is 1. The van der Waals surface area contributed by atoms with Gasteiger partial charge in [-0.3, -0.25) is 9.59 Å². The minimum Gasteiger partial charge on any atom is -0.504 e. The van der Waals surface area contributed by atoms with Gasteiger partial charge in [-0.1, -0.05) is 48.0 Å². The molecule has 3 rings (SSSR count). The second-order valence-corrected chi connectivity index (χ2v) is 10.6. The van der Waals surface area contributed by atoms with Gasteiger partial charge in [0, 0.05) is 40.4 Å². The zero-order valence-electron chi connectivity index (χ0n) is 19.2. The van der Waals surface area contributed by atoms with Crippen molar-refractivity contribution >= 4 is 11.8 Å². The average Bonchev–Trinajstić information content (AvgIpc) is 2.63. The van der Waals surface area contributed by atoms with E-state index in [2.05, 4.69) is 13.8 Å². The van der Waals surface area contributed by atoms with E-state index in [-0.39, 0.29) is 53.0 Å². The molecule has 0 aliphatic heterocycles. The van der Waals surface area contributed by atoms with E-state index < -0.39 is 5.41 Å². The highest BCUT2D eigenvalue weighted by Crippen LogP contribution is 2.60. The first-order chi connectivity index (χ1) is 13.9. The zero-order valence-corrected chi connectivity index (χ0v) is 19.2. The van der Waals surface area contributed by atoms with Crippen molar-refractivity contribution in [1.29, 1.82) is 0 Å². The van der Waals surface area contributed by atoms with Crippen LogP contribution >= 0.6 is 0 Å². The van der Waals surface area contributed by atoms with E-state index in [1.165, 1.54) is 0 Å². The van der Waals surface area contributed by atoms with Gasteiger partial charge in [-0.05, 0) is 36.7 Å². The first kappa shape index (κ1) is 22.6. The molecule has 1 aromatic carbocycles. The maximum absolute atomic E-state index is 13.2. The van der Waals surface area contributed by atoms with Gasteiger partial charge in [0.1, 0.15) is 0 Å². The number of rotatable bonds is 5. The van der Waals surface area contributed by atoms with E-state index >= 15 is 0 Å². The summed E-state index contributed by atoms with van der Waals surface area (Å²) in [5.41, 5.74) is 0.894. The number of carbonyl (C=O) groups is 2. The number of hydrogen-bond acceptors (Lipinski definition) is 5. The first-order valence-electron chi connectivity index (χ1n) is 11.2. The van der Waals surface area contributed by atoms with Crippen molar-refractivity contribution in [3.8, 4) is 11.5 Å². The fourth-order valence-electron chi connectivity index (χ4n) is 5.77. The molecule has 2 aliphatic rings. The van der Waals surface area contributed by atoms with E-state index in [1.807, 2.05) is 27.7 Å². The third-order valence-corrected chi connectivity index (χ3v) is 7.38. The maximum Gasteiger partial charge on any atom is 0.306 e. The number of ketones is 1. The molecule has 0 saturated heterocycles. The molecule has 30 heavy (non-hydrogen) atoms. The van der Waals surface area contributed by atoms with Crippen LogP contribution in [-0.4, -0.2) is 28.6 Å². The van der Waals surface area contributed by atoms with Crippen LogP contribution in [0, 0.1) is 17.3 Å². The minimum atomic E-state index is -0.461. The van der Waals surface area contributed by atoms with Gasteiger partial charge in [-0.25, -0.2) is 0 Å². The predicted molar refractivity (Wildman–Crippen MR) is 116 cm³/mol. The molecule has 0 amide bonds. The van der Waals surface area contributed by atoms with Gasteiger partial charge in [0.05, 0.1) is 6.61 Å². The number of carbonyl (C=O) groups excluding carboxylic acids is 2. The molecule has 2 N–H and O–H groups in total. The molecule has 1 fully saturated rings. The fraction of sp³-hybridized carbons (Fsp3) is 0.680. The quantitative estimate of drug-likeness (QED) is 0.492. The zero-order chi connectivity index (χ0) is 22.4. The van der Waals surface area contributed by atoms with E-state index in [1.54, 1.807) is 6.07 Å². The highest BCUT2D eigenvalue weighted by molar-refractivity contribution is 6.01. The summed E-state index contributed by atoms with van der Waals surface area (Å²) in [6.07, 6.45) is 3.34. The number of Topliss-reactive ketones (excluding diaryl/α,β-unsaturated/α-hetero) is 1. The number of aromatic hydroxyl groups is 2. The summed E-state index contributed by atoms with van der Waals surface area (Å²) in [5, 5.41) is 21.7. The van der Waals surface area contributed by atoms with Gasteiger partial charge in [-0.15, -0.1) is 0 Å². The Balaban J connectivity index is 2.01. The van der Waals surface area contributed by atoms with Crippen LogP contribution in [0.25, 0.3) is 0 Å². The summed E-state index contributed by atoms with van der Waals surface area (Å²) in [6, 6.07) is 1.77. The Labute approximate surface area is 179 Å². The molecule has 2 aliphatic carbocycles. The van der Waals surface area contributed by atoms with Gasteiger partial charge >= 0.3 is 5.97 Å². The van der Waals surface area contributed by atoms with Gasteiger partial charge in [0.15, 0.2) is 17.3 Å². The molecule has 0 heterocycles. The summed E-state index contributed by atoms with van der Waals surface area (Å²) < 4.78 is 5.65. The number of phenolic OH excluding ortho intramolecular Hbond substituents is 2. The SMILES string of the molecule is CC(C)CC(=O)OCC1(C)CCCC2(C)c3c(cc(C(C)C)c(O)c3O)C(=O)CC12. The summed E-state index contributed by atoms with van der Waals surface area (Å²) in [7, 11) is 0. The highest BCUT2D eigenvalue weighted by Gasteiger charge is 2.55. The molecule has 0 aromatic heterocycles. The lowest BCUT2D eigenvalue weighted by Gasteiger charge is -2.54. The Morgan fingerprint density at radius 3 is 2.43 bits per heavy atom. The van der Waals surface area contributed by atoms with Crippen molar-refractivity contribution in [1.82, 2.24) is 0 Å². The normalized spacial score (nSPS) is 28.4. The Hall–Kier alpha value is -2.04.